The zero-order chi connectivity index (χ0) is 16.2. The molecule has 0 bridgehead atoms. The molecule has 0 aliphatic rings. The average Bonchev–Trinajstić information content (AvgIpc) is 2.83. The SMILES string of the molecule is NS(=O)(=O)c1ccc(CCNC(=O)Cc2ccc(Br)s2)cc1. The fraction of sp³-hybridized carbons (Fsp3) is 0.214. The van der Waals surface area contributed by atoms with Gasteiger partial charge in [0.1, 0.15) is 0 Å². The van der Waals surface area contributed by atoms with Gasteiger partial charge in [0, 0.05) is 11.4 Å². The summed E-state index contributed by atoms with van der Waals surface area (Å²) in [5, 5.41) is 7.88. The number of rotatable bonds is 6. The standard InChI is InChI=1S/C14H15BrN2O3S2/c15-13-6-3-11(21-13)9-14(18)17-8-7-10-1-4-12(5-2-10)22(16,19)20/h1-6H,7-9H2,(H,17,18)(H2,16,19,20). The number of halogens is 1. The smallest absolute Gasteiger partial charge is 0.238 e. The number of benzene rings is 1. The number of hydrogen-bond donors (Lipinski definition) is 2. The van der Waals surface area contributed by atoms with E-state index < -0.39 is 10.0 Å². The Morgan fingerprint density at radius 2 is 1.86 bits per heavy atom. The molecule has 0 saturated heterocycles. The van der Waals surface area contributed by atoms with E-state index in [4.69, 9.17) is 5.14 Å². The Bertz CT molecular complexity index is 755. The highest BCUT2D eigenvalue weighted by molar-refractivity contribution is 9.11. The third kappa shape index (κ3) is 5.20. The van der Waals surface area contributed by atoms with E-state index in [0.29, 0.717) is 19.4 Å². The van der Waals surface area contributed by atoms with Crippen LogP contribution in [0.25, 0.3) is 0 Å². The van der Waals surface area contributed by atoms with Gasteiger partial charge in [-0.25, -0.2) is 13.6 Å². The van der Waals surface area contributed by atoms with Gasteiger partial charge in [0.25, 0.3) is 0 Å². The summed E-state index contributed by atoms with van der Waals surface area (Å²) in [6, 6.07) is 10.2. The van der Waals surface area contributed by atoms with Gasteiger partial charge < -0.3 is 5.32 Å². The molecule has 0 atom stereocenters. The first kappa shape index (κ1) is 17.1. The quantitative estimate of drug-likeness (QED) is 0.774. The molecule has 1 aromatic heterocycles. The van der Waals surface area contributed by atoms with Gasteiger partial charge >= 0.3 is 0 Å². The van der Waals surface area contributed by atoms with Crippen molar-refractivity contribution in [3.05, 3.63) is 50.6 Å². The van der Waals surface area contributed by atoms with Crippen molar-refractivity contribution in [2.75, 3.05) is 6.54 Å². The molecule has 1 amide bonds. The Kier molecular flexibility index (Phi) is 5.74. The van der Waals surface area contributed by atoms with Crippen LogP contribution >= 0.6 is 27.3 Å². The van der Waals surface area contributed by atoms with Crippen LogP contribution in [0.4, 0.5) is 0 Å². The minimum absolute atomic E-state index is 0.0319. The van der Waals surface area contributed by atoms with Crippen LogP contribution in [0.3, 0.4) is 0 Å². The van der Waals surface area contributed by atoms with Crippen LogP contribution in [-0.2, 0) is 27.7 Å². The van der Waals surface area contributed by atoms with Crippen LogP contribution in [0, 0.1) is 0 Å². The molecule has 2 rings (SSSR count). The molecule has 22 heavy (non-hydrogen) atoms. The highest BCUT2D eigenvalue weighted by atomic mass is 79.9. The summed E-state index contributed by atoms with van der Waals surface area (Å²) in [6.45, 7) is 0.500. The monoisotopic (exact) mass is 402 g/mol. The number of sulfonamides is 1. The molecule has 0 spiro atoms. The van der Waals surface area contributed by atoms with Gasteiger partial charge in [-0.15, -0.1) is 11.3 Å². The van der Waals surface area contributed by atoms with Gasteiger partial charge in [0.05, 0.1) is 15.1 Å². The lowest BCUT2D eigenvalue weighted by Crippen LogP contribution is -2.26. The minimum atomic E-state index is -3.66. The largest absolute Gasteiger partial charge is 0.355 e. The number of nitrogens with two attached hydrogens (primary N) is 1. The second-order valence-electron chi connectivity index (χ2n) is 4.67. The van der Waals surface area contributed by atoms with E-state index in [0.717, 1.165) is 14.2 Å². The molecule has 0 radical (unpaired) electrons. The van der Waals surface area contributed by atoms with Gasteiger partial charge in [0.15, 0.2) is 0 Å². The number of amides is 1. The van der Waals surface area contributed by atoms with Crippen LogP contribution in [0.5, 0.6) is 0 Å². The lowest BCUT2D eigenvalue weighted by atomic mass is 10.1. The molecule has 0 aliphatic heterocycles. The van der Waals surface area contributed by atoms with Crippen molar-refractivity contribution in [2.45, 2.75) is 17.7 Å². The first-order valence-electron chi connectivity index (χ1n) is 6.47. The molecule has 0 aliphatic carbocycles. The topological polar surface area (TPSA) is 89.3 Å². The summed E-state index contributed by atoms with van der Waals surface area (Å²) < 4.78 is 23.3. The van der Waals surface area contributed by atoms with Gasteiger partial charge in [-0.1, -0.05) is 12.1 Å². The molecule has 3 N–H and O–H groups in total. The number of nitrogens with one attached hydrogen (secondary N) is 1. The Morgan fingerprint density at radius 3 is 2.41 bits per heavy atom. The molecule has 8 heteroatoms. The second kappa shape index (κ2) is 7.36. The van der Waals surface area contributed by atoms with Crippen LogP contribution in [0.1, 0.15) is 10.4 Å². The van der Waals surface area contributed by atoms with E-state index in [9.17, 15) is 13.2 Å². The Morgan fingerprint density at radius 1 is 1.18 bits per heavy atom. The van der Waals surface area contributed by atoms with Crippen LogP contribution in [0.2, 0.25) is 0 Å². The lowest BCUT2D eigenvalue weighted by Gasteiger charge is -2.05. The second-order valence-corrected chi connectivity index (χ2v) is 8.78. The van der Waals surface area contributed by atoms with Gasteiger partial charge in [-0.05, 0) is 52.2 Å². The summed E-state index contributed by atoms with van der Waals surface area (Å²) in [6.07, 6.45) is 0.991. The van der Waals surface area contributed by atoms with E-state index in [-0.39, 0.29) is 10.8 Å². The van der Waals surface area contributed by atoms with Crippen molar-refractivity contribution in [1.29, 1.82) is 0 Å². The van der Waals surface area contributed by atoms with E-state index in [1.165, 1.54) is 23.5 Å². The Labute approximate surface area is 141 Å². The van der Waals surface area contributed by atoms with Crippen LogP contribution < -0.4 is 10.5 Å². The molecular formula is C14H15BrN2O3S2. The summed E-state index contributed by atoms with van der Waals surface area (Å²) in [5.41, 5.74) is 0.937. The van der Waals surface area contributed by atoms with Crippen molar-refractivity contribution < 1.29 is 13.2 Å². The molecule has 0 fully saturated rings. The fourth-order valence-corrected chi connectivity index (χ4v) is 3.86. The van der Waals surface area contributed by atoms with Crippen molar-refractivity contribution >= 4 is 43.2 Å². The van der Waals surface area contributed by atoms with Gasteiger partial charge in [-0.3, -0.25) is 4.79 Å². The van der Waals surface area contributed by atoms with E-state index >= 15 is 0 Å². The van der Waals surface area contributed by atoms with Gasteiger partial charge in [-0.2, -0.15) is 0 Å². The number of thiophene rings is 1. The highest BCUT2D eigenvalue weighted by Gasteiger charge is 2.07. The van der Waals surface area contributed by atoms with Gasteiger partial charge in [0.2, 0.25) is 15.9 Å². The van der Waals surface area contributed by atoms with Crippen molar-refractivity contribution in [2.24, 2.45) is 5.14 Å². The molecule has 0 saturated carbocycles. The molecule has 118 valence electrons. The zero-order valence-corrected chi connectivity index (χ0v) is 14.8. The predicted octanol–water partition coefficient (Wildman–Crippen LogP) is 2.06. The maximum absolute atomic E-state index is 11.8. The molecule has 0 unspecified atom stereocenters. The fourth-order valence-electron chi connectivity index (χ4n) is 1.86. The van der Waals surface area contributed by atoms with Crippen molar-refractivity contribution in [3.63, 3.8) is 0 Å². The number of carbonyl (C=O) groups is 1. The first-order valence-corrected chi connectivity index (χ1v) is 9.63. The number of carbonyl (C=O) groups excluding carboxylic acids is 1. The summed E-state index contributed by atoms with van der Waals surface area (Å²) in [7, 11) is -3.66. The van der Waals surface area contributed by atoms with Crippen LogP contribution in [0.15, 0.2) is 45.1 Å². The van der Waals surface area contributed by atoms with Crippen LogP contribution in [-0.4, -0.2) is 20.9 Å². The molecule has 1 aromatic carbocycles. The highest BCUT2D eigenvalue weighted by Crippen LogP contribution is 2.22. The molecule has 1 heterocycles. The van der Waals surface area contributed by atoms with E-state index in [2.05, 4.69) is 21.2 Å². The van der Waals surface area contributed by atoms with E-state index in [1.54, 1.807) is 12.1 Å². The first-order chi connectivity index (χ1) is 10.3. The normalized spacial score (nSPS) is 11.4. The maximum Gasteiger partial charge on any atom is 0.238 e. The Hall–Kier alpha value is -1.22. The lowest BCUT2D eigenvalue weighted by molar-refractivity contribution is -0.120. The van der Waals surface area contributed by atoms with E-state index in [1.807, 2.05) is 12.1 Å². The average molecular weight is 403 g/mol. The van der Waals surface area contributed by atoms with Crippen molar-refractivity contribution in [3.8, 4) is 0 Å². The molecule has 5 nitrogen and oxygen atoms in total. The summed E-state index contributed by atoms with van der Waals surface area (Å²) in [4.78, 5) is 12.9. The summed E-state index contributed by atoms with van der Waals surface area (Å²) in [5.74, 6) is -0.0319. The number of primary sulfonamides is 1. The molecule has 2 aromatic rings. The molecular weight excluding hydrogens is 388 g/mol. The third-order valence-corrected chi connectivity index (χ3v) is 5.50. The maximum atomic E-state index is 11.8. The predicted molar refractivity (Wildman–Crippen MR) is 90.3 cm³/mol. The Balaban J connectivity index is 1.79. The van der Waals surface area contributed by atoms with Crippen molar-refractivity contribution in [1.82, 2.24) is 5.32 Å². The zero-order valence-electron chi connectivity index (χ0n) is 11.6. The third-order valence-electron chi connectivity index (χ3n) is 2.95. The minimum Gasteiger partial charge on any atom is -0.355 e. The number of hydrogen-bond acceptors (Lipinski definition) is 4. The summed E-state index contributed by atoms with van der Waals surface area (Å²) >= 11 is 4.90.